The van der Waals surface area contributed by atoms with Crippen molar-refractivity contribution >= 4 is 50.4 Å². The monoisotopic (exact) mass is 832 g/mol. The number of fused-ring (bicyclic) bond motifs is 2. The number of nitrogens with zero attached hydrogens (tertiary/aromatic N) is 6. The van der Waals surface area contributed by atoms with E-state index in [2.05, 4.69) is 31.6 Å². The van der Waals surface area contributed by atoms with E-state index in [1.54, 1.807) is 22.8 Å². The number of carbonyl (C=O) groups excluding carboxylic acids is 4. The molecule has 19 heteroatoms. The van der Waals surface area contributed by atoms with Crippen LogP contribution in [0, 0.1) is 11.3 Å². The van der Waals surface area contributed by atoms with Crippen LogP contribution in [0.25, 0.3) is 10.9 Å². The summed E-state index contributed by atoms with van der Waals surface area (Å²) in [4.78, 5) is 61.7. The lowest BCUT2D eigenvalue weighted by atomic mass is 9.89. The van der Waals surface area contributed by atoms with Gasteiger partial charge in [0.2, 0.25) is 21.8 Å². The molecule has 1 saturated carbocycles. The first-order valence-electron chi connectivity index (χ1n) is 20.0. The molecule has 0 spiro atoms. The second-order valence-corrected chi connectivity index (χ2v) is 16.9. The van der Waals surface area contributed by atoms with Crippen molar-refractivity contribution in [1.82, 2.24) is 29.4 Å². The van der Waals surface area contributed by atoms with Crippen LogP contribution in [-0.2, 0) is 33.8 Å². The molecule has 7 rings (SSSR count). The lowest BCUT2D eigenvalue weighted by Crippen LogP contribution is -2.54. The number of aromatic nitrogens is 2. The Kier molecular flexibility index (Phi) is 13.8. The van der Waals surface area contributed by atoms with E-state index in [1.807, 2.05) is 12.1 Å². The normalized spacial score (nSPS) is 21.7. The standard InChI is InChI=1S/C40H48N8O10S/c41-25-27-1-8-34-33(23-27)37(43-26-42-34)44-28-2-4-29(5-3-28)46-11-13-47(14-12-46)59(53,54)22-21-57-18-17-55-15-16-56-19-20-58-30-6-7-31-32(24-30)40(52)48(39(31)51)35-9-10-36(49)45-38(35)50/h1,6-8,23-24,26,28-29,35H,2-5,9-22H2,(H,42,43,44)(H,45,49,50)/t28-,29+,35?. The molecule has 1 aliphatic carbocycles. The van der Waals surface area contributed by atoms with Crippen LogP contribution < -0.4 is 15.4 Å². The average molecular weight is 833 g/mol. The van der Waals surface area contributed by atoms with Gasteiger partial charge in [-0.3, -0.25) is 34.3 Å². The number of rotatable bonds is 18. The highest BCUT2D eigenvalue weighted by Crippen LogP contribution is 2.31. The van der Waals surface area contributed by atoms with Crippen LogP contribution in [0.2, 0.25) is 0 Å². The van der Waals surface area contributed by atoms with Gasteiger partial charge in [-0.25, -0.2) is 18.4 Å². The second kappa shape index (κ2) is 19.3. The Labute approximate surface area is 342 Å². The zero-order valence-corrected chi connectivity index (χ0v) is 33.5. The molecule has 18 nitrogen and oxygen atoms in total. The smallest absolute Gasteiger partial charge is 0.262 e. The Balaban J connectivity index is 0.709. The van der Waals surface area contributed by atoms with Gasteiger partial charge >= 0.3 is 0 Å². The molecule has 4 aliphatic rings. The van der Waals surface area contributed by atoms with Crippen molar-refractivity contribution in [2.75, 3.05) is 83.5 Å². The SMILES string of the molecule is N#Cc1ccc2ncnc(N[C@H]3CC[C@@H](N4CCN(S(=O)(=O)CCOCCOCCOCCOc5ccc6c(c5)C(=O)N(C5CCC(=O)NC5=O)C6=O)CC4)CC3)c2c1. The highest BCUT2D eigenvalue weighted by molar-refractivity contribution is 7.89. The van der Waals surface area contributed by atoms with E-state index in [-0.39, 0.29) is 68.8 Å². The third-order valence-corrected chi connectivity index (χ3v) is 13.0. The topological polar surface area (TPSA) is 223 Å². The van der Waals surface area contributed by atoms with Crippen LogP contribution in [-0.4, -0.2) is 152 Å². The number of anilines is 1. The molecule has 2 aromatic carbocycles. The summed E-state index contributed by atoms with van der Waals surface area (Å²) < 4.78 is 49.9. The molecule has 0 radical (unpaired) electrons. The first-order chi connectivity index (χ1) is 28.6. The van der Waals surface area contributed by atoms with Gasteiger partial charge in [0.1, 0.15) is 30.5 Å². The van der Waals surface area contributed by atoms with Crippen LogP contribution >= 0.6 is 0 Å². The summed E-state index contributed by atoms with van der Waals surface area (Å²) in [5.74, 6) is -1.26. The molecular weight excluding hydrogens is 785 g/mol. The number of piperidine rings is 1. The first kappa shape index (κ1) is 42.0. The third-order valence-electron chi connectivity index (χ3n) is 11.1. The van der Waals surface area contributed by atoms with Crippen molar-refractivity contribution in [2.45, 2.75) is 56.7 Å². The number of nitrogens with one attached hydrogen (secondary N) is 2. The minimum atomic E-state index is -3.45. The summed E-state index contributed by atoms with van der Waals surface area (Å²) in [7, 11) is -3.45. The first-order valence-corrected chi connectivity index (χ1v) is 21.6. The molecule has 4 heterocycles. The molecule has 3 fully saturated rings. The van der Waals surface area contributed by atoms with Gasteiger partial charge in [-0.15, -0.1) is 0 Å². The third kappa shape index (κ3) is 10.2. The molecule has 3 aliphatic heterocycles. The molecular formula is C40H48N8O10S. The zero-order chi connectivity index (χ0) is 41.4. The van der Waals surface area contributed by atoms with Gasteiger partial charge in [0, 0.05) is 50.1 Å². The highest BCUT2D eigenvalue weighted by atomic mass is 32.2. The van der Waals surface area contributed by atoms with E-state index >= 15 is 0 Å². The molecule has 4 amide bonds. The summed E-state index contributed by atoms with van der Waals surface area (Å²) in [6.45, 7) is 3.95. The maximum atomic E-state index is 13.0. The predicted molar refractivity (Wildman–Crippen MR) is 212 cm³/mol. The summed E-state index contributed by atoms with van der Waals surface area (Å²) in [5.41, 5.74) is 1.68. The van der Waals surface area contributed by atoms with E-state index in [9.17, 15) is 32.9 Å². The number of sulfonamides is 1. The maximum Gasteiger partial charge on any atom is 0.262 e. The minimum Gasteiger partial charge on any atom is -0.491 e. The average Bonchev–Trinajstić information content (AvgIpc) is 3.49. The quantitative estimate of drug-likeness (QED) is 0.138. The molecule has 1 atom stereocenters. The number of hydrogen-bond acceptors (Lipinski definition) is 15. The summed E-state index contributed by atoms with van der Waals surface area (Å²) in [6.07, 6.45) is 5.63. The second-order valence-electron chi connectivity index (χ2n) is 14.8. The number of carbonyl (C=O) groups is 4. The van der Waals surface area contributed by atoms with Gasteiger partial charge in [-0.05, 0) is 68.5 Å². The fourth-order valence-corrected chi connectivity index (χ4v) is 9.27. The molecule has 2 saturated heterocycles. The number of nitriles is 1. The number of amides is 4. The van der Waals surface area contributed by atoms with Crippen molar-refractivity contribution in [2.24, 2.45) is 0 Å². The Hall–Kier alpha value is -5.10. The molecule has 59 heavy (non-hydrogen) atoms. The Morgan fingerprint density at radius 3 is 2.20 bits per heavy atom. The summed E-state index contributed by atoms with van der Waals surface area (Å²) in [6, 6.07) is 11.7. The van der Waals surface area contributed by atoms with Crippen LogP contribution in [0.1, 0.15) is 64.8 Å². The Morgan fingerprint density at radius 1 is 0.797 bits per heavy atom. The van der Waals surface area contributed by atoms with Crippen molar-refractivity contribution < 1.29 is 46.5 Å². The fourth-order valence-electron chi connectivity index (χ4n) is 7.96. The van der Waals surface area contributed by atoms with E-state index in [1.165, 1.54) is 12.1 Å². The van der Waals surface area contributed by atoms with Gasteiger partial charge < -0.3 is 24.3 Å². The molecule has 1 unspecified atom stereocenters. The lowest BCUT2D eigenvalue weighted by Gasteiger charge is -2.41. The predicted octanol–water partition coefficient (Wildman–Crippen LogP) is 1.70. The van der Waals surface area contributed by atoms with Gasteiger partial charge in [-0.2, -0.15) is 9.57 Å². The van der Waals surface area contributed by atoms with Crippen molar-refractivity contribution in [3.63, 3.8) is 0 Å². The summed E-state index contributed by atoms with van der Waals surface area (Å²) >= 11 is 0. The van der Waals surface area contributed by atoms with Crippen LogP contribution in [0.15, 0.2) is 42.7 Å². The lowest BCUT2D eigenvalue weighted by molar-refractivity contribution is -0.136. The largest absolute Gasteiger partial charge is 0.491 e. The van der Waals surface area contributed by atoms with Gasteiger partial charge in [0.15, 0.2) is 0 Å². The zero-order valence-electron chi connectivity index (χ0n) is 32.7. The Bertz CT molecular complexity index is 2180. The number of piperazine rings is 1. The van der Waals surface area contributed by atoms with E-state index in [4.69, 9.17) is 18.9 Å². The Morgan fingerprint density at radius 2 is 1.49 bits per heavy atom. The maximum absolute atomic E-state index is 13.0. The molecule has 314 valence electrons. The minimum absolute atomic E-state index is 0.0470. The van der Waals surface area contributed by atoms with Crippen molar-refractivity contribution in [3.05, 3.63) is 59.4 Å². The number of ether oxygens (including phenoxy) is 4. The molecule has 2 N–H and O–H groups in total. The van der Waals surface area contributed by atoms with E-state index < -0.39 is 39.7 Å². The van der Waals surface area contributed by atoms with E-state index in [0.717, 1.165) is 47.3 Å². The van der Waals surface area contributed by atoms with Crippen molar-refractivity contribution in [1.29, 1.82) is 5.26 Å². The van der Waals surface area contributed by atoms with Crippen LogP contribution in [0.5, 0.6) is 5.75 Å². The van der Waals surface area contributed by atoms with Crippen molar-refractivity contribution in [3.8, 4) is 11.8 Å². The van der Waals surface area contributed by atoms with Gasteiger partial charge in [0.25, 0.3) is 11.8 Å². The van der Waals surface area contributed by atoms with Crippen LogP contribution in [0.4, 0.5) is 5.82 Å². The molecule has 3 aromatic rings. The van der Waals surface area contributed by atoms with Gasteiger partial charge in [0.05, 0.1) is 73.7 Å². The number of hydrogen-bond donors (Lipinski definition) is 2. The van der Waals surface area contributed by atoms with Gasteiger partial charge in [-0.1, -0.05) is 0 Å². The number of imide groups is 2. The molecule has 1 aromatic heterocycles. The fraction of sp³-hybridized carbons (Fsp3) is 0.525. The number of benzene rings is 2. The van der Waals surface area contributed by atoms with Crippen LogP contribution in [0.3, 0.4) is 0 Å². The molecule has 0 bridgehead atoms. The highest BCUT2D eigenvalue weighted by Gasteiger charge is 2.44. The van der Waals surface area contributed by atoms with E-state index in [0.29, 0.717) is 56.7 Å². The summed E-state index contributed by atoms with van der Waals surface area (Å²) in [5, 5.41) is 15.9.